The fourth-order valence-corrected chi connectivity index (χ4v) is 3.01. The second-order valence-electron chi connectivity index (χ2n) is 4.41. The Bertz CT molecular complexity index is 680. The Morgan fingerprint density at radius 1 is 1.24 bits per heavy atom. The minimum Gasteiger partial charge on any atom is -0.497 e. The summed E-state index contributed by atoms with van der Waals surface area (Å²) >= 11 is 1.44. The lowest BCUT2D eigenvalue weighted by Gasteiger charge is -2.10. The van der Waals surface area contributed by atoms with Crippen molar-refractivity contribution < 1.29 is 4.74 Å². The molecule has 0 fully saturated rings. The molecule has 108 valence electrons. The molecule has 1 aromatic carbocycles. The van der Waals surface area contributed by atoms with Crippen LogP contribution in [0.15, 0.2) is 34.2 Å². The third-order valence-electron chi connectivity index (χ3n) is 3.18. The molecule has 21 heavy (non-hydrogen) atoms. The van der Waals surface area contributed by atoms with Crippen molar-refractivity contribution in [3.05, 3.63) is 41.1 Å². The molecule has 0 N–H and O–H groups in total. The Morgan fingerprint density at radius 2 is 2.05 bits per heavy atom. The van der Waals surface area contributed by atoms with Gasteiger partial charge in [0.2, 0.25) is 0 Å². The molecule has 0 radical (unpaired) electrons. The van der Waals surface area contributed by atoms with E-state index < -0.39 is 0 Å². The van der Waals surface area contributed by atoms with E-state index in [4.69, 9.17) is 4.74 Å². The van der Waals surface area contributed by atoms with E-state index in [9.17, 15) is 5.26 Å². The fraction of sp³-hybridized carbons (Fsp3) is 0.312. The average molecular weight is 299 g/mol. The molecule has 0 aliphatic carbocycles. The molecule has 4 nitrogen and oxygen atoms in total. The van der Waals surface area contributed by atoms with Crippen LogP contribution in [0.4, 0.5) is 0 Å². The quantitative estimate of drug-likeness (QED) is 0.843. The summed E-state index contributed by atoms with van der Waals surface area (Å²) in [4.78, 5) is 0.978. The lowest BCUT2D eigenvalue weighted by Crippen LogP contribution is -2.04. The molecular weight excluding hydrogens is 282 g/mol. The Labute approximate surface area is 129 Å². The lowest BCUT2D eigenvalue weighted by molar-refractivity contribution is 0.413. The van der Waals surface area contributed by atoms with Crippen molar-refractivity contribution in [1.29, 1.82) is 5.26 Å². The van der Waals surface area contributed by atoms with E-state index >= 15 is 0 Å². The Balaban J connectivity index is 2.42. The molecule has 1 heterocycles. The Hall–Kier alpha value is -2.06. The summed E-state index contributed by atoms with van der Waals surface area (Å²) in [6, 6.07) is 9.98. The zero-order valence-electron chi connectivity index (χ0n) is 12.4. The van der Waals surface area contributed by atoms with Crippen molar-refractivity contribution in [3.63, 3.8) is 0 Å². The second-order valence-corrected chi connectivity index (χ2v) is 5.47. The van der Waals surface area contributed by atoms with E-state index in [2.05, 4.69) is 16.3 Å². The van der Waals surface area contributed by atoms with Gasteiger partial charge in [-0.05, 0) is 36.6 Å². The van der Waals surface area contributed by atoms with Crippen LogP contribution in [0, 0.1) is 11.3 Å². The largest absolute Gasteiger partial charge is 0.497 e. The summed E-state index contributed by atoms with van der Waals surface area (Å²) in [5, 5.41) is 18.6. The first kappa shape index (κ1) is 15.3. The average Bonchev–Trinajstić information content (AvgIpc) is 2.54. The van der Waals surface area contributed by atoms with Crippen LogP contribution in [0.1, 0.15) is 30.7 Å². The van der Waals surface area contributed by atoms with Gasteiger partial charge in [0.15, 0.2) is 0 Å². The summed E-state index contributed by atoms with van der Waals surface area (Å²) < 4.78 is 5.22. The number of rotatable bonds is 5. The van der Waals surface area contributed by atoms with E-state index in [0.717, 1.165) is 34.7 Å². The van der Waals surface area contributed by atoms with Crippen molar-refractivity contribution in [2.45, 2.75) is 36.6 Å². The maximum atomic E-state index is 9.47. The van der Waals surface area contributed by atoms with Crippen molar-refractivity contribution in [1.82, 2.24) is 10.2 Å². The molecule has 0 bridgehead atoms. The van der Waals surface area contributed by atoms with E-state index in [-0.39, 0.29) is 0 Å². The molecular formula is C16H17N3OS. The zero-order chi connectivity index (χ0) is 15.2. The number of hydrogen-bond acceptors (Lipinski definition) is 5. The highest BCUT2D eigenvalue weighted by Crippen LogP contribution is 2.32. The minimum absolute atomic E-state index is 0.636. The van der Waals surface area contributed by atoms with Crippen LogP contribution in [0.3, 0.4) is 0 Å². The van der Waals surface area contributed by atoms with E-state index in [1.807, 2.05) is 38.1 Å². The van der Waals surface area contributed by atoms with E-state index in [0.29, 0.717) is 10.6 Å². The molecule has 0 saturated heterocycles. The van der Waals surface area contributed by atoms with Crippen molar-refractivity contribution in [2.24, 2.45) is 0 Å². The first-order valence-corrected chi connectivity index (χ1v) is 7.65. The highest BCUT2D eigenvalue weighted by atomic mass is 32.2. The standard InChI is InChI=1S/C16H17N3OS/c1-4-13-14(10-17)16(19-18-15(13)5-2)21-12-8-6-7-11(9-12)20-3/h6-9H,4-5H2,1-3H3. The van der Waals surface area contributed by atoms with Crippen LogP contribution in [-0.2, 0) is 12.8 Å². The molecule has 1 aromatic heterocycles. The molecule has 0 aliphatic rings. The number of hydrogen-bond donors (Lipinski definition) is 0. The summed E-state index contributed by atoms with van der Waals surface area (Å²) in [6.45, 7) is 4.07. The number of aromatic nitrogens is 2. The molecule has 0 saturated carbocycles. The van der Waals surface area contributed by atoms with Crippen molar-refractivity contribution in [3.8, 4) is 11.8 Å². The second kappa shape index (κ2) is 7.09. The first-order valence-electron chi connectivity index (χ1n) is 6.83. The van der Waals surface area contributed by atoms with Gasteiger partial charge >= 0.3 is 0 Å². The normalized spacial score (nSPS) is 10.2. The predicted molar refractivity (Wildman–Crippen MR) is 82.6 cm³/mol. The Morgan fingerprint density at radius 3 is 2.67 bits per heavy atom. The minimum atomic E-state index is 0.636. The van der Waals surface area contributed by atoms with Gasteiger partial charge in [0.05, 0.1) is 18.4 Å². The smallest absolute Gasteiger partial charge is 0.142 e. The first-order chi connectivity index (χ1) is 10.2. The Kier molecular flexibility index (Phi) is 5.18. The maximum Gasteiger partial charge on any atom is 0.142 e. The molecule has 2 rings (SSSR count). The summed E-state index contributed by atoms with van der Waals surface area (Å²) in [7, 11) is 1.63. The van der Waals surface area contributed by atoms with Gasteiger partial charge < -0.3 is 4.74 Å². The van der Waals surface area contributed by atoms with Crippen LogP contribution in [0.5, 0.6) is 5.75 Å². The maximum absolute atomic E-state index is 9.47. The zero-order valence-corrected chi connectivity index (χ0v) is 13.2. The van der Waals surface area contributed by atoms with Crippen LogP contribution in [0.25, 0.3) is 0 Å². The van der Waals surface area contributed by atoms with Crippen LogP contribution < -0.4 is 4.74 Å². The molecule has 5 heteroatoms. The molecule has 0 atom stereocenters. The number of nitrogens with zero attached hydrogens (tertiary/aromatic N) is 3. The van der Waals surface area contributed by atoms with Gasteiger partial charge in [-0.25, -0.2) is 0 Å². The van der Waals surface area contributed by atoms with Gasteiger partial charge in [0.25, 0.3) is 0 Å². The van der Waals surface area contributed by atoms with E-state index in [1.54, 1.807) is 7.11 Å². The molecule has 0 amide bonds. The molecule has 0 aliphatic heterocycles. The number of ether oxygens (including phenoxy) is 1. The van der Waals surface area contributed by atoms with Gasteiger partial charge in [-0.1, -0.05) is 31.7 Å². The van der Waals surface area contributed by atoms with Crippen LogP contribution in [0.2, 0.25) is 0 Å². The number of methoxy groups -OCH3 is 1. The topological polar surface area (TPSA) is 58.8 Å². The lowest BCUT2D eigenvalue weighted by atomic mass is 10.1. The number of benzene rings is 1. The molecule has 0 spiro atoms. The van der Waals surface area contributed by atoms with Gasteiger partial charge in [-0.3, -0.25) is 0 Å². The van der Waals surface area contributed by atoms with Gasteiger partial charge in [0, 0.05) is 4.90 Å². The third-order valence-corrected chi connectivity index (χ3v) is 4.15. The fourth-order valence-electron chi connectivity index (χ4n) is 2.12. The summed E-state index contributed by atoms with van der Waals surface area (Å²) in [5.74, 6) is 0.785. The highest BCUT2D eigenvalue weighted by molar-refractivity contribution is 7.99. The highest BCUT2D eigenvalue weighted by Gasteiger charge is 2.15. The van der Waals surface area contributed by atoms with Crippen LogP contribution >= 0.6 is 11.8 Å². The van der Waals surface area contributed by atoms with Gasteiger partial charge in [-0.2, -0.15) is 10.4 Å². The number of nitriles is 1. The van der Waals surface area contributed by atoms with Crippen LogP contribution in [-0.4, -0.2) is 17.3 Å². The van der Waals surface area contributed by atoms with Crippen molar-refractivity contribution in [2.75, 3.05) is 7.11 Å². The monoisotopic (exact) mass is 299 g/mol. The third kappa shape index (κ3) is 3.34. The molecule has 0 unspecified atom stereocenters. The molecule has 2 aromatic rings. The van der Waals surface area contributed by atoms with E-state index in [1.165, 1.54) is 11.8 Å². The summed E-state index contributed by atoms with van der Waals surface area (Å²) in [6.07, 6.45) is 1.57. The van der Waals surface area contributed by atoms with Crippen molar-refractivity contribution >= 4 is 11.8 Å². The predicted octanol–water partition coefficient (Wildman–Crippen LogP) is 3.63. The SMILES string of the molecule is CCc1nnc(Sc2cccc(OC)c2)c(C#N)c1CC. The number of aryl methyl sites for hydroxylation is 1. The summed E-state index contributed by atoms with van der Waals surface area (Å²) in [5.41, 5.74) is 2.54. The van der Waals surface area contributed by atoms with Gasteiger partial charge in [-0.15, -0.1) is 5.10 Å². The van der Waals surface area contributed by atoms with Gasteiger partial charge in [0.1, 0.15) is 16.8 Å².